The summed E-state index contributed by atoms with van der Waals surface area (Å²) < 4.78 is 25.7. The van der Waals surface area contributed by atoms with E-state index in [1.807, 2.05) is 12.1 Å². The summed E-state index contributed by atoms with van der Waals surface area (Å²) in [5.41, 5.74) is 0.194. The molecule has 10 heteroatoms. The van der Waals surface area contributed by atoms with Crippen LogP contribution in [0.25, 0.3) is 0 Å². The van der Waals surface area contributed by atoms with E-state index >= 15 is 0 Å². The van der Waals surface area contributed by atoms with E-state index < -0.39 is 53.6 Å². The monoisotopic (exact) mass is 727 g/mol. The van der Waals surface area contributed by atoms with Crippen LogP contribution in [0, 0.1) is 3.57 Å². The number of carbonyl (C=O) groups excluding carboxylic acids is 3. The van der Waals surface area contributed by atoms with Crippen LogP contribution < -0.4 is 5.32 Å². The fourth-order valence-electron chi connectivity index (χ4n) is 5.56. The summed E-state index contributed by atoms with van der Waals surface area (Å²) in [6.07, 6.45) is 7.90. The van der Waals surface area contributed by atoms with Gasteiger partial charge in [-0.25, -0.2) is 4.79 Å². The molecule has 1 aromatic carbocycles. The number of fused-ring (bicyclic) bond motifs is 1. The van der Waals surface area contributed by atoms with Crippen molar-refractivity contribution in [3.05, 3.63) is 45.0 Å². The van der Waals surface area contributed by atoms with Gasteiger partial charge in [0.25, 0.3) is 0 Å². The molecule has 0 aromatic heterocycles. The smallest absolute Gasteiger partial charge is 0.338 e. The molecule has 0 saturated carbocycles. The summed E-state index contributed by atoms with van der Waals surface area (Å²) in [5, 5.41) is 12.8. The molecule has 0 bridgehead atoms. The Labute approximate surface area is 275 Å². The summed E-state index contributed by atoms with van der Waals surface area (Å²) >= 11 is 2.18. The molecule has 1 aliphatic heterocycles. The zero-order chi connectivity index (χ0) is 32.3. The van der Waals surface area contributed by atoms with Gasteiger partial charge in [0.05, 0.1) is 18.2 Å². The van der Waals surface area contributed by atoms with E-state index in [1.165, 1.54) is 0 Å². The number of carbonyl (C=O) groups is 3. The standard InChI is InChI=1S/C34H50INO8/c1-6-8-10-18-34(19-11-9-7-2)42-28-21-24(31(39)36-26(22-37)16-17-29(38)43-33(3,4)5)20-27(30(28)44-34)41-32(40)23-12-14-25(35)15-13-23/h12-15,21,26-28,30,37H,6-11,16-20,22H2,1-5H3,(H,36,39). The first kappa shape index (κ1) is 36.4. The number of rotatable bonds is 16. The lowest BCUT2D eigenvalue weighted by Crippen LogP contribution is -2.45. The number of benzene rings is 1. The third kappa shape index (κ3) is 11.1. The van der Waals surface area contributed by atoms with Crippen molar-refractivity contribution in [1.82, 2.24) is 5.32 Å². The first-order valence-corrected chi connectivity index (χ1v) is 17.1. The average Bonchev–Trinajstić information content (AvgIpc) is 3.33. The molecule has 246 valence electrons. The van der Waals surface area contributed by atoms with Crippen LogP contribution in [0.5, 0.6) is 0 Å². The van der Waals surface area contributed by atoms with E-state index in [9.17, 15) is 19.5 Å². The second-order valence-electron chi connectivity index (χ2n) is 12.8. The molecule has 0 radical (unpaired) electrons. The molecular formula is C34H50INO8. The minimum absolute atomic E-state index is 0.0533. The molecule has 1 fully saturated rings. The maximum absolute atomic E-state index is 13.5. The van der Waals surface area contributed by atoms with Gasteiger partial charge >= 0.3 is 11.9 Å². The molecule has 1 saturated heterocycles. The summed E-state index contributed by atoms with van der Waals surface area (Å²) in [4.78, 5) is 38.9. The third-order valence-corrected chi connectivity index (χ3v) is 8.52. The predicted octanol–water partition coefficient (Wildman–Crippen LogP) is 6.39. The van der Waals surface area contributed by atoms with Crippen LogP contribution in [0.15, 0.2) is 35.9 Å². The molecule has 3 rings (SSSR count). The number of hydrogen-bond acceptors (Lipinski definition) is 8. The number of unbranched alkanes of at least 4 members (excludes halogenated alkanes) is 4. The van der Waals surface area contributed by atoms with Crippen molar-refractivity contribution in [2.24, 2.45) is 0 Å². The van der Waals surface area contributed by atoms with Gasteiger partial charge in [-0.2, -0.15) is 0 Å². The highest BCUT2D eigenvalue weighted by atomic mass is 127. The lowest BCUT2D eigenvalue weighted by Gasteiger charge is -2.31. The molecule has 9 nitrogen and oxygen atoms in total. The van der Waals surface area contributed by atoms with Crippen LogP contribution in [0.3, 0.4) is 0 Å². The number of hydrogen-bond donors (Lipinski definition) is 2. The minimum Gasteiger partial charge on any atom is -0.460 e. The predicted molar refractivity (Wildman–Crippen MR) is 176 cm³/mol. The summed E-state index contributed by atoms with van der Waals surface area (Å²) in [6.45, 7) is 9.34. The fraction of sp³-hybridized carbons (Fsp3) is 0.676. The second kappa shape index (κ2) is 17.1. The normalized spacial score (nSPS) is 21.6. The molecule has 4 unspecified atom stereocenters. The zero-order valence-electron chi connectivity index (χ0n) is 26.9. The maximum Gasteiger partial charge on any atom is 0.338 e. The van der Waals surface area contributed by atoms with E-state index in [4.69, 9.17) is 18.9 Å². The highest BCUT2D eigenvalue weighted by Gasteiger charge is 2.52. The molecule has 1 amide bonds. The Morgan fingerprint density at radius 2 is 1.68 bits per heavy atom. The van der Waals surface area contributed by atoms with Gasteiger partial charge in [0.1, 0.15) is 23.9 Å². The van der Waals surface area contributed by atoms with Gasteiger partial charge in [0.2, 0.25) is 5.91 Å². The highest BCUT2D eigenvalue weighted by molar-refractivity contribution is 14.1. The Hall–Kier alpha value is -2.02. The van der Waals surface area contributed by atoms with Crippen molar-refractivity contribution in [3.63, 3.8) is 0 Å². The Bertz CT molecular complexity index is 1120. The van der Waals surface area contributed by atoms with Gasteiger partial charge in [-0.1, -0.05) is 39.5 Å². The van der Waals surface area contributed by atoms with Crippen molar-refractivity contribution in [2.75, 3.05) is 6.61 Å². The molecule has 1 aromatic rings. The van der Waals surface area contributed by atoms with Gasteiger partial charge in [0, 0.05) is 34.8 Å². The lowest BCUT2D eigenvalue weighted by molar-refractivity contribution is -0.190. The number of esters is 2. The second-order valence-corrected chi connectivity index (χ2v) is 14.1. The van der Waals surface area contributed by atoms with E-state index in [2.05, 4.69) is 41.8 Å². The van der Waals surface area contributed by atoms with E-state index in [0.29, 0.717) is 11.1 Å². The summed E-state index contributed by atoms with van der Waals surface area (Å²) in [5.74, 6) is -2.10. The van der Waals surface area contributed by atoms with Crippen LogP contribution in [-0.2, 0) is 28.5 Å². The molecule has 44 heavy (non-hydrogen) atoms. The summed E-state index contributed by atoms with van der Waals surface area (Å²) in [7, 11) is 0. The van der Waals surface area contributed by atoms with Gasteiger partial charge in [-0.15, -0.1) is 0 Å². The van der Waals surface area contributed by atoms with E-state index in [0.717, 1.165) is 54.9 Å². The van der Waals surface area contributed by atoms with Crippen LogP contribution in [0.1, 0.15) is 116 Å². The van der Waals surface area contributed by atoms with Crippen molar-refractivity contribution >= 4 is 40.4 Å². The number of aliphatic hydroxyl groups is 1. The van der Waals surface area contributed by atoms with Gasteiger partial charge < -0.3 is 29.4 Å². The van der Waals surface area contributed by atoms with Gasteiger partial charge in [-0.3, -0.25) is 9.59 Å². The number of nitrogens with one attached hydrogen (secondary N) is 1. The Morgan fingerprint density at radius 3 is 2.25 bits per heavy atom. The molecule has 2 N–H and O–H groups in total. The zero-order valence-corrected chi connectivity index (χ0v) is 29.0. The first-order chi connectivity index (χ1) is 20.9. The Kier molecular flexibility index (Phi) is 14.1. The fourth-order valence-corrected chi connectivity index (χ4v) is 5.92. The lowest BCUT2D eigenvalue weighted by atomic mass is 9.91. The average molecular weight is 728 g/mol. The molecule has 1 aliphatic carbocycles. The molecule has 0 spiro atoms. The highest BCUT2D eigenvalue weighted by Crippen LogP contribution is 2.43. The molecule has 2 aliphatic rings. The number of amides is 1. The van der Waals surface area contributed by atoms with Crippen molar-refractivity contribution in [3.8, 4) is 0 Å². The van der Waals surface area contributed by atoms with Crippen molar-refractivity contribution < 1.29 is 38.4 Å². The van der Waals surface area contributed by atoms with Gasteiger partial charge in [-0.05, 0) is 93.0 Å². The van der Waals surface area contributed by atoms with Crippen molar-refractivity contribution in [1.29, 1.82) is 0 Å². The van der Waals surface area contributed by atoms with Crippen LogP contribution >= 0.6 is 22.6 Å². The largest absolute Gasteiger partial charge is 0.460 e. The molecule has 1 heterocycles. The number of halogens is 1. The third-order valence-electron chi connectivity index (χ3n) is 7.80. The quantitative estimate of drug-likeness (QED) is 0.114. The topological polar surface area (TPSA) is 120 Å². The van der Waals surface area contributed by atoms with Gasteiger partial charge in [0.15, 0.2) is 5.79 Å². The van der Waals surface area contributed by atoms with E-state index in [-0.39, 0.29) is 25.9 Å². The van der Waals surface area contributed by atoms with Crippen LogP contribution in [0.4, 0.5) is 0 Å². The Morgan fingerprint density at radius 1 is 1.05 bits per heavy atom. The first-order valence-electron chi connectivity index (χ1n) is 16.0. The van der Waals surface area contributed by atoms with E-state index in [1.54, 1.807) is 39.0 Å². The SMILES string of the molecule is CCCCCC1(CCCCC)OC2C=C(C(=O)NC(CO)CCC(=O)OC(C)(C)C)CC(OC(=O)c3ccc(I)cc3)C2O1. The Balaban J connectivity index is 1.81. The summed E-state index contributed by atoms with van der Waals surface area (Å²) in [6, 6.07) is 6.47. The van der Waals surface area contributed by atoms with Crippen LogP contribution in [-0.4, -0.2) is 65.3 Å². The molecule has 4 atom stereocenters. The maximum atomic E-state index is 13.5. The minimum atomic E-state index is -0.809. The number of ether oxygens (including phenoxy) is 4. The van der Waals surface area contributed by atoms with Crippen LogP contribution in [0.2, 0.25) is 0 Å². The van der Waals surface area contributed by atoms with Crippen molar-refractivity contribution in [2.45, 2.75) is 141 Å². The molecular weight excluding hydrogens is 677 g/mol. The number of aliphatic hydroxyl groups excluding tert-OH is 1.